The predicted octanol–water partition coefficient (Wildman–Crippen LogP) is 1.97. The van der Waals surface area contributed by atoms with E-state index in [9.17, 15) is 14.4 Å². The van der Waals surface area contributed by atoms with Crippen molar-refractivity contribution >= 4 is 24.0 Å². The maximum Gasteiger partial charge on any atom is 0.345 e. The lowest BCUT2D eigenvalue weighted by Gasteiger charge is -2.09. The highest BCUT2D eigenvalue weighted by Crippen LogP contribution is 2.00. The largest absolute Gasteiger partial charge is 0.481 e. The summed E-state index contributed by atoms with van der Waals surface area (Å²) >= 11 is 0. The summed E-state index contributed by atoms with van der Waals surface area (Å²) in [4.78, 5) is 30.9. The summed E-state index contributed by atoms with van der Waals surface area (Å²) in [6, 6.07) is 10.0. The highest BCUT2D eigenvalue weighted by molar-refractivity contribution is 5.86. The summed E-state index contributed by atoms with van der Waals surface area (Å²) in [6.07, 6.45) is 0.162. The van der Waals surface area contributed by atoms with E-state index in [4.69, 9.17) is 10.2 Å². The minimum atomic E-state index is -1.66. The average molecular weight is 292 g/mol. The number of benzene rings is 1. The lowest BCUT2D eigenvalue weighted by molar-refractivity contribution is -0.164. The van der Waals surface area contributed by atoms with Crippen molar-refractivity contribution in [2.45, 2.75) is 12.5 Å². The number of rotatable bonds is 6. The Kier molecular flexibility index (Phi) is 8.59. The highest BCUT2D eigenvalue weighted by Gasteiger charge is 2.24. The van der Waals surface area contributed by atoms with E-state index in [0.29, 0.717) is 0 Å². The zero-order valence-corrected chi connectivity index (χ0v) is 11.3. The molecule has 6 heteroatoms. The molecule has 6 nitrogen and oxygen atoms in total. The lowest BCUT2D eigenvalue weighted by atomic mass is 10.2. The van der Waals surface area contributed by atoms with Gasteiger partial charge in [-0.15, -0.1) is 0 Å². The molecule has 0 fully saturated rings. The maximum atomic E-state index is 10.5. The molecule has 112 valence electrons. The molecule has 0 bridgehead atoms. The highest BCUT2D eigenvalue weighted by atomic mass is 16.6. The van der Waals surface area contributed by atoms with E-state index in [0.717, 1.165) is 6.08 Å². The zero-order chi connectivity index (χ0) is 16.3. The molecular weight excluding hydrogens is 276 g/mol. The number of carbonyl (C=O) groups excluding carboxylic acids is 1. The van der Waals surface area contributed by atoms with Gasteiger partial charge in [-0.25, -0.2) is 9.59 Å². The summed E-state index contributed by atoms with van der Waals surface area (Å²) in [5, 5.41) is 16.6. The number of aliphatic carboxylic acids is 2. The number of carboxylic acids is 2. The van der Waals surface area contributed by atoms with Gasteiger partial charge < -0.3 is 14.9 Å². The Morgan fingerprint density at radius 2 is 1.71 bits per heavy atom. The molecule has 0 spiro atoms. The van der Waals surface area contributed by atoms with Crippen molar-refractivity contribution in [2.24, 2.45) is 0 Å². The van der Waals surface area contributed by atoms with Crippen LogP contribution in [0.5, 0.6) is 0 Å². The van der Waals surface area contributed by atoms with Crippen molar-refractivity contribution in [2.75, 3.05) is 0 Å². The topological polar surface area (TPSA) is 101 Å². The Bertz CT molecular complexity index is 506. The Balaban J connectivity index is 0.000000423. The summed E-state index contributed by atoms with van der Waals surface area (Å²) in [5.41, 5.74) is 1.17. The van der Waals surface area contributed by atoms with E-state index in [-0.39, 0.29) is 0 Å². The van der Waals surface area contributed by atoms with Crippen LogP contribution in [-0.4, -0.2) is 34.2 Å². The third kappa shape index (κ3) is 8.77. The maximum absolute atomic E-state index is 10.5. The molecule has 1 unspecified atom stereocenters. The molecule has 0 saturated heterocycles. The molecule has 0 heterocycles. The molecule has 1 atom stereocenters. The third-order valence-corrected chi connectivity index (χ3v) is 2.10. The van der Waals surface area contributed by atoms with Crippen LogP contribution >= 0.6 is 0 Å². The molecule has 1 aromatic carbocycles. The summed E-state index contributed by atoms with van der Waals surface area (Å²) in [6.45, 7) is 6.67. The van der Waals surface area contributed by atoms with Crippen LogP contribution in [0.3, 0.4) is 0 Å². The first-order valence-electron chi connectivity index (χ1n) is 5.85. The van der Waals surface area contributed by atoms with Crippen molar-refractivity contribution in [3.8, 4) is 0 Å². The Labute approximate surface area is 122 Å². The molecule has 21 heavy (non-hydrogen) atoms. The number of carbonyl (C=O) groups is 3. The number of hydrogen-bond acceptors (Lipinski definition) is 4. The molecule has 0 aliphatic carbocycles. The van der Waals surface area contributed by atoms with E-state index in [1.54, 1.807) is 0 Å². The first-order valence-corrected chi connectivity index (χ1v) is 5.85. The normalized spacial score (nSPS) is 10.3. The van der Waals surface area contributed by atoms with Gasteiger partial charge in [-0.1, -0.05) is 49.6 Å². The standard InChI is InChI=1S/C8H8.C7H8O6/c1-2-8-6-4-3-5-7-8;1-2-6(10)13-4(7(11)12)3-5(8)9/h2-7H,1H2;2,4H,1,3H2,(H,8,9)(H,11,12). The van der Waals surface area contributed by atoms with Crippen LogP contribution in [-0.2, 0) is 19.1 Å². The van der Waals surface area contributed by atoms with E-state index in [1.807, 2.05) is 36.4 Å². The fourth-order valence-electron chi connectivity index (χ4n) is 1.12. The van der Waals surface area contributed by atoms with Gasteiger partial charge >= 0.3 is 17.9 Å². The van der Waals surface area contributed by atoms with Gasteiger partial charge in [0, 0.05) is 6.08 Å². The molecule has 0 aromatic heterocycles. The lowest BCUT2D eigenvalue weighted by Crippen LogP contribution is -2.28. The number of hydrogen-bond donors (Lipinski definition) is 2. The minimum Gasteiger partial charge on any atom is -0.481 e. The first kappa shape index (κ1) is 18.1. The van der Waals surface area contributed by atoms with Crippen LogP contribution in [0.15, 0.2) is 49.6 Å². The van der Waals surface area contributed by atoms with Gasteiger partial charge in [0.25, 0.3) is 0 Å². The van der Waals surface area contributed by atoms with Crippen LogP contribution in [0.25, 0.3) is 6.08 Å². The van der Waals surface area contributed by atoms with Gasteiger partial charge in [-0.2, -0.15) is 0 Å². The molecule has 1 rings (SSSR count). The van der Waals surface area contributed by atoms with Gasteiger partial charge in [0.15, 0.2) is 0 Å². The minimum absolute atomic E-state index is 0.762. The smallest absolute Gasteiger partial charge is 0.345 e. The summed E-state index contributed by atoms with van der Waals surface area (Å²) < 4.78 is 4.23. The van der Waals surface area contributed by atoms with Crippen molar-refractivity contribution in [1.29, 1.82) is 0 Å². The van der Waals surface area contributed by atoms with Crippen LogP contribution in [0.1, 0.15) is 12.0 Å². The summed E-state index contributed by atoms with van der Waals surface area (Å²) in [7, 11) is 0. The second-order valence-electron chi connectivity index (χ2n) is 3.68. The van der Waals surface area contributed by atoms with Gasteiger partial charge in [-0.05, 0) is 5.56 Å². The van der Waals surface area contributed by atoms with Crippen LogP contribution in [0.4, 0.5) is 0 Å². The van der Waals surface area contributed by atoms with Gasteiger partial charge in [0.2, 0.25) is 6.10 Å². The van der Waals surface area contributed by atoms with E-state index in [2.05, 4.69) is 17.9 Å². The zero-order valence-electron chi connectivity index (χ0n) is 11.3. The number of carboxylic acid groups (broad SMARTS) is 2. The van der Waals surface area contributed by atoms with Crippen LogP contribution in [0, 0.1) is 0 Å². The summed E-state index contributed by atoms with van der Waals surface area (Å²) in [5.74, 6) is -3.82. The Morgan fingerprint density at radius 1 is 1.14 bits per heavy atom. The fraction of sp³-hybridized carbons (Fsp3) is 0.133. The van der Waals surface area contributed by atoms with E-state index < -0.39 is 30.4 Å². The van der Waals surface area contributed by atoms with Crippen LogP contribution in [0.2, 0.25) is 0 Å². The second-order valence-corrected chi connectivity index (χ2v) is 3.68. The van der Waals surface area contributed by atoms with Gasteiger partial charge in [0.1, 0.15) is 0 Å². The second kappa shape index (κ2) is 9.96. The molecule has 0 radical (unpaired) electrons. The molecular formula is C15H16O6. The fourth-order valence-corrected chi connectivity index (χ4v) is 1.12. The molecule has 0 saturated carbocycles. The number of ether oxygens (including phenoxy) is 1. The molecule has 0 aliphatic heterocycles. The van der Waals surface area contributed by atoms with Crippen LogP contribution < -0.4 is 0 Å². The Hall–Kier alpha value is -2.89. The third-order valence-electron chi connectivity index (χ3n) is 2.10. The van der Waals surface area contributed by atoms with E-state index in [1.165, 1.54) is 5.56 Å². The molecule has 2 N–H and O–H groups in total. The number of esters is 1. The predicted molar refractivity (Wildman–Crippen MR) is 76.5 cm³/mol. The average Bonchev–Trinajstić information content (AvgIpc) is 2.47. The van der Waals surface area contributed by atoms with Crippen molar-refractivity contribution in [3.05, 3.63) is 55.1 Å². The first-order chi connectivity index (χ1) is 9.90. The monoisotopic (exact) mass is 292 g/mol. The molecule has 0 aliphatic rings. The SMILES string of the molecule is C=CC(=O)OC(CC(=O)O)C(=O)O.C=Cc1ccccc1. The van der Waals surface area contributed by atoms with Gasteiger partial charge in [-0.3, -0.25) is 4.79 Å². The molecule has 1 aromatic rings. The van der Waals surface area contributed by atoms with E-state index >= 15 is 0 Å². The van der Waals surface area contributed by atoms with Crippen molar-refractivity contribution < 1.29 is 29.3 Å². The quantitative estimate of drug-likeness (QED) is 0.614. The van der Waals surface area contributed by atoms with Crippen molar-refractivity contribution in [1.82, 2.24) is 0 Å². The van der Waals surface area contributed by atoms with Gasteiger partial charge in [0.05, 0.1) is 6.42 Å². The van der Waals surface area contributed by atoms with Crippen molar-refractivity contribution in [3.63, 3.8) is 0 Å². The Morgan fingerprint density at radius 3 is 2.05 bits per heavy atom. The molecule has 0 amide bonds.